The zero-order chi connectivity index (χ0) is 25.2. The monoisotopic (exact) mass is 476 g/mol. The Hall–Kier alpha value is -3.39. The van der Waals surface area contributed by atoms with Crippen LogP contribution in [0.15, 0.2) is 53.3 Å². The summed E-state index contributed by atoms with van der Waals surface area (Å²) in [5.74, 6) is 0.484. The van der Waals surface area contributed by atoms with E-state index in [0.29, 0.717) is 18.7 Å². The van der Waals surface area contributed by atoms with E-state index in [1.54, 1.807) is 12.1 Å². The van der Waals surface area contributed by atoms with Crippen molar-refractivity contribution in [3.05, 3.63) is 87.2 Å². The number of hydrogen-bond donors (Lipinski definition) is 1. The summed E-state index contributed by atoms with van der Waals surface area (Å²) < 4.78 is 15.5. The first-order chi connectivity index (χ1) is 16.7. The number of halogens is 1. The lowest BCUT2D eigenvalue weighted by Gasteiger charge is -2.33. The maximum absolute atomic E-state index is 13.6. The van der Waals surface area contributed by atoms with E-state index >= 15 is 0 Å². The van der Waals surface area contributed by atoms with Gasteiger partial charge in [0.2, 0.25) is 0 Å². The lowest BCUT2D eigenvalue weighted by atomic mass is 10.0. The van der Waals surface area contributed by atoms with Gasteiger partial charge in [-0.05, 0) is 85.3 Å². The molecule has 2 aromatic heterocycles. The van der Waals surface area contributed by atoms with E-state index in [0.717, 1.165) is 40.7 Å². The summed E-state index contributed by atoms with van der Waals surface area (Å²) in [5.41, 5.74) is 3.12. The summed E-state index contributed by atoms with van der Waals surface area (Å²) >= 11 is 0. The van der Waals surface area contributed by atoms with Gasteiger partial charge in [-0.25, -0.2) is 9.07 Å². The van der Waals surface area contributed by atoms with E-state index in [9.17, 15) is 9.18 Å². The van der Waals surface area contributed by atoms with E-state index in [2.05, 4.69) is 53.1 Å². The minimum atomic E-state index is -0.301. The van der Waals surface area contributed by atoms with Gasteiger partial charge >= 0.3 is 0 Å². The highest BCUT2D eigenvalue weighted by molar-refractivity contribution is 5.79. The van der Waals surface area contributed by atoms with Crippen molar-refractivity contribution in [2.24, 2.45) is 0 Å². The number of H-pyrrole nitrogens is 1. The molecule has 0 radical (unpaired) electrons. The molecular formula is C27H33FN6O. The number of fused-ring (bicyclic) bond motifs is 1. The number of rotatable bonds is 8. The molecule has 1 N–H and O–H groups in total. The van der Waals surface area contributed by atoms with Crippen molar-refractivity contribution in [3.8, 4) is 0 Å². The number of benzene rings is 2. The molecule has 2 heterocycles. The molecule has 1 atom stereocenters. The van der Waals surface area contributed by atoms with E-state index < -0.39 is 0 Å². The zero-order valence-corrected chi connectivity index (χ0v) is 21.0. The quantitative estimate of drug-likeness (QED) is 0.375. The van der Waals surface area contributed by atoms with E-state index in [1.165, 1.54) is 12.1 Å². The third-order valence-corrected chi connectivity index (χ3v) is 6.18. The number of aryl methyl sites for hydroxylation is 1. The van der Waals surface area contributed by atoms with Gasteiger partial charge in [0.15, 0.2) is 5.82 Å². The molecule has 0 bridgehead atoms. The Kier molecular flexibility index (Phi) is 7.12. The predicted molar refractivity (Wildman–Crippen MR) is 135 cm³/mol. The number of pyridine rings is 1. The molecule has 35 heavy (non-hydrogen) atoms. The van der Waals surface area contributed by atoms with E-state index in [1.807, 2.05) is 35.9 Å². The first-order valence-corrected chi connectivity index (χ1v) is 12.1. The molecule has 2 aromatic carbocycles. The van der Waals surface area contributed by atoms with Gasteiger partial charge in [-0.15, -0.1) is 5.10 Å². The molecule has 8 heteroatoms. The maximum atomic E-state index is 13.6. The van der Waals surface area contributed by atoms with Crippen LogP contribution in [0.4, 0.5) is 4.39 Å². The average Bonchev–Trinajstić information content (AvgIpc) is 3.29. The third kappa shape index (κ3) is 5.65. The topological polar surface area (TPSA) is 79.7 Å². The minimum Gasteiger partial charge on any atom is -0.322 e. The van der Waals surface area contributed by atoms with Crippen molar-refractivity contribution >= 4 is 10.9 Å². The molecule has 4 rings (SSSR count). The van der Waals surface area contributed by atoms with Gasteiger partial charge in [0.25, 0.3) is 5.56 Å². The van der Waals surface area contributed by atoms with Gasteiger partial charge in [0.05, 0.1) is 11.6 Å². The first-order valence-electron chi connectivity index (χ1n) is 12.1. The summed E-state index contributed by atoms with van der Waals surface area (Å²) in [5, 5.41) is 13.7. The standard InChI is InChI=1S/C27H33FN6O/c1-6-7-24(25-30-31-32-34(25)27(3,4)5)33(16-19-9-12-22(28)13-10-19)17-21-15-20-11-8-18(2)14-23(20)29-26(21)35/h8-15,24H,6-7,16-17H2,1-5H3,(H,29,35). The molecule has 0 saturated heterocycles. The molecule has 0 aliphatic heterocycles. The molecular weight excluding hydrogens is 443 g/mol. The van der Waals surface area contributed by atoms with Gasteiger partial charge in [-0.2, -0.15) is 0 Å². The number of aromatic nitrogens is 5. The Bertz CT molecular complexity index is 1350. The smallest absolute Gasteiger partial charge is 0.252 e. The normalized spacial score (nSPS) is 13.0. The number of hydrogen-bond acceptors (Lipinski definition) is 5. The van der Waals surface area contributed by atoms with Crippen LogP contribution in [0.25, 0.3) is 10.9 Å². The van der Waals surface area contributed by atoms with Crippen LogP contribution < -0.4 is 5.56 Å². The van der Waals surface area contributed by atoms with Crippen LogP contribution in [-0.2, 0) is 18.6 Å². The average molecular weight is 477 g/mol. The van der Waals surface area contributed by atoms with Gasteiger partial charge in [0.1, 0.15) is 5.82 Å². The minimum absolute atomic E-state index is 0.113. The van der Waals surface area contributed by atoms with Crippen LogP contribution in [0.2, 0.25) is 0 Å². The lowest BCUT2D eigenvalue weighted by Crippen LogP contribution is -2.35. The van der Waals surface area contributed by atoms with Crippen LogP contribution in [-0.4, -0.2) is 30.1 Å². The Balaban J connectivity index is 1.78. The van der Waals surface area contributed by atoms with Gasteiger partial charge in [-0.1, -0.05) is 37.6 Å². The van der Waals surface area contributed by atoms with Crippen molar-refractivity contribution in [2.75, 3.05) is 0 Å². The molecule has 0 saturated carbocycles. The molecule has 7 nitrogen and oxygen atoms in total. The van der Waals surface area contributed by atoms with Gasteiger partial charge in [-0.3, -0.25) is 9.69 Å². The fraction of sp³-hybridized carbons (Fsp3) is 0.407. The molecule has 4 aromatic rings. The Morgan fingerprint density at radius 1 is 1.09 bits per heavy atom. The largest absolute Gasteiger partial charge is 0.322 e. The van der Waals surface area contributed by atoms with Crippen LogP contribution in [0.3, 0.4) is 0 Å². The second kappa shape index (κ2) is 10.1. The summed E-state index contributed by atoms with van der Waals surface area (Å²) in [6, 6.07) is 14.4. The maximum Gasteiger partial charge on any atom is 0.252 e. The summed E-state index contributed by atoms with van der Waals surface area (Å²) in [4.78, 5) is 18.4. The second-order valence-electron chi connectivity index (χ2n) is 10.2. The van der Waals surface area contributed by atoms with Crippen molar-refractivity contribution in [2.45, 2.75) is 72.1 Å². The van der Waals surface area contributed by atoms with Crippen LogP contribution >= 0.6 is 0 Å². The highest BCUT2D eigenvalue weighted by atomic mass is 19.1. The lowest BCUT2D eigenvalue weighted by molar-refractivity contribution is 0.148. The SMILES string of the molecule is CCCC(c1nnnn1C(C)(C)C)N(Cc1ccc(F)cc1)Cc1cc2ccc(C)cc2[nH]c1=O. The van der Waals surface area contributed by atoms with E-state index in [4.69, 9.17) is 0 Å². The number of aromatic amines is 1. The fourth-order valence-electron chi connectivity index (χ4n) is 4.42. The van der Waals surface area contributed by atoms with Gasteiger partial charge in [0, 0.05) is 24.2 Å². The molecule has 1 unspecified atom stereocenters. The summed E-state index contributed by atoms with van der Waals surface area (Å²) in [6.45, 7) is 11.2. The zero-order valence-electron chi connectivity index (χ0n) is 21.0. The molecule has 0 spiro atoms. The highest BCUT2D eigenvalue weighted by Gasteiger charge is 2.30. The fourth-order valence-corrected chi connectivity index (χ4v) is 4.42. The van der Waals surface area contributed by atoms with Crippen LogP contribution in [0.1, 0.15) is 69.1 Å². The number of tetrazole rings is 1. The molecule has 0 aliphatic carbocycles. The molecule has 184 valence electrons. The Labute approximate surface area is 205 Å². The molecule has 0 aliphatic rings. The van der Waals surface area contributed by atoms with E-state index in [-0.39, 0.29) is 23.0 Å². The van der Waals surface area contributed by atoms with Crippen molar-refractivity contribution in [1.29, 1.82) is 0 Å². The highest BCUT2D eigenvalue weighted by Crippen LogP contribution is 2.30. The first kappa shape index (κ1) is 24.7. The molecule has 0 amide bonds. The van der Waals surface area contributed by atoms with Crippen LogP contribution in [0, 0.1) is 12.7 Å². The second-order valence-corrected chi connectivity index (χ2v) is 10.2. The van der Waals surface area contributed by atoms with Crippen molar-refractivity contribution in [3.63, 3.8) is 0 Å². The van der Waals surface area contributed by atoms with Crippen molar-refractivity contribution < 1.29 is 4.39 Å². The summed E-state index contributed by atoms with van der Waals surface area (Å²) in [7, 11) is 0. The summed E-state index contributed by atoms with van der Waals surface area (Å²) in [6.07, 6.45) is 1.72. The Morgan fingerprint density at radius 3 is 2.51 bits per heavy atom. The number of nitrogens with one attached hydrogen (secondary N) is 1. The Morgan fingerprint density at radius 2 is 1.83 bits per heavy atom. The third-order valence-electron chi connectivity index (χ3n) is 6.18. The number of nitrogens with zero attached hydrogens (tertiary/aromatic N) is 5. The molecule has 0 fully saturated rings. The van der Waals surface area contributed by atoms with Crippen molar-refractivity contribution in [1.82, 2.24) is 30.1 Å². The predicted octanol–water partition coefficient (Wildman–Crippen LogP) is 5.26. The van der Waals surface area contributed by atoms with Crippen LogP contribution in [0.5, 0.6) is 0 Å². The van der Waals surface area contributed by atoms with Gasteiger partial charge < -0.3 is 4.98 Å².